The van der Waals surface area contributed by atoms with Crippen molar-refractivity contribution in [3.05, 3.63) is 35.4 Å². The van der Waals surface area contributed by atoms with Gasteiger partial charge in [0, 0.05) is 11.5 Å². The molecular weight excluding hydrogens is 251 g/mol. The van der Waals surface area contributed by atoms with E-state index in [2.05, 4.69) is 0 Å². The maximum Gasteiger partial charge on any atom is 0.416 e. The summed E-state index contributed by atoms with van der Waals surface area (Å²) in [6.45, 7) is 1.97. The molecule has 17 heavy (non-hydrogen) atoms. The summed E-state index contributed by atoms with van der Waals surface area (Å²) < 4.78 is 37.5. The lowest BCUT2D eigenvalue weighted by Crippen LogP contribution is -2.22. The average molecular weight is 266 g/mol. The van der Waals surface area contributed by atoms with Gasteiger partial charge in [-0.3, -0.25) is 0 Å². The summed E-state index contributed by atoms with van der Waals surface area (Å²) in [4.78, 5) is 0. The Balaban J connectivity index is 0.00000144. The Morgan fingerprint density at radius 3 is 2.53 bits per heavy atom. The molecule has 2 unspecified atom stereocenters. The van der Waals surface area contributed by atoms with E-state index in [0.29, 0.717) is 5.56 Å². The van der Waals surface area contributed by atoms with Crippen LogP contribution in [0.25, 0.3) is 0 Å². The first-order valence-corrected chi connectivity index (χ1v) is 5.33. The van der Waals surface area contributed by atoms with Crippen molar-refractivity contribution >= 4 is 12.4 Å². The second-order valence-corrected chi connectivity index (χ2v) is 4.47. The molecule has 5 heteroatoms. The summed E-state index contributed by atoms with van der Waals surface area (Å²) in [7, 11) is 0. The number of hydrogen-bond acceptors (Lipinski definition) is 1. The molecule has 1 aliphatic carbocycles. The van der Waals surface area contributed by atoms with Gasteiger partial charge in [-0.1, -0.05) is 25.1 Å². The van der Waals surface area contributed by atoms with E-state index in [1.54, 1.807) is 6.07 Å². The minimum atomic E-state index is -4.27. The highest BCUT2D eigenvalue weighted by Gasteiger charge is 2.50. The van der Waals surface area contributed by atoms with Crippen molar-refractivity contribution in [2.24, 2.45) is 5.73 Å². The molecule has 0 aliphatic heterocycles. The maximum atomic E-state index is 12.5. The predicted molar refractivity (Wildman–Crippen MR) is 63.3 cm³/mol. The number of benzene rings is 1. The summed E-state index contributed by atoms with van der Waals surface area (Å²) in [5.41, 5.74) is 5.83. The van der Waals surface area contributed by atoms with Gasteiger partial charge in [-0.25, -0.2) is 0 Å². The molecule has 0 aromatic heterocycles. The van der Waals surface area contributed by atoms with Crippen LogP contribution in [-0.2, 0) is 6.18 Å². The Morgan fingerprint density at radius 1 is 1.41 bits per heavy atom. The van der Waals surface area contributed by atoms with Crippen LogP contribution in [0.3, 0.4) is 0 Å². The Bertz CT molecular complexity index is 405. The minimum Gasteiger partial charge on any atom is -0.325 e. The summed E-state index contributed by atoms with van der Waals surface area (Å²) in [6.07, 6.45) is -2.69. The van der Waals surface area contributed by atoms with Crippen molar-refractivity contribution in [1.82, 2.24) is 0 Å². The van der Waals surface area contributed by atoms with Gasteiger partial charge in [-0.05, 0) is 24.5 Å². The molecule has 0 bridgehead atoms. The van der Waals surface area contributed by atoms with Gasteiger partial charge in [0.15, 0.2) is 0 Å². The maximum absolute atomic E-state index is 12.5. The normalized spacial score (nSPS) is 27.5. The molecule has 1 saturated carbocycles. The molecule has 0 saturated heterocycles. The van der Waals surface area contributed by atoms with Crippen LogP contribution >= 0.6 is 12.4 Å². The van der Waals surface area contributed by atoms with Crippen LogP contribution < -0.4 is 5.73 Å². The summed E-state index contributed by atoms with van der Waals surface area (Å²) in [5, 5.41) is 0. The van der Waals surface area contributed by atoms with Gasteiger partial charge in [-0.15, -0.1) is 12.4 Å². The van der Waals surface area contributed by atoms with Crippen molar-refractivity contribution in [2.45, 2.75) is 37.4 Å². The monoisotopic (exact) mass is 265 g/mol. The number of hydrogen-bond donors (Lipinski definition) is 1. The summed E-state index contributed by atoms with van der Waals surface area (Å²) in [5.74, 6) is 0.0831. The van der Waals surface area contributed by atoms with Crippen molar-refractivity contribution < 1.29 is 13.2 Å². The van der Waals surface area contributed by atoms with E-state index in [9.17, 15) is 13.2 Å². The summed E-state index contributed by atoms with van der Waals surface area (Å²) >= 11 is 0. The molecular formula is C12H15ClF3N. The van der Waals surface area contributed by atoms with Crippen LogP contribution in [0.1, 0.15) is 36.8 Å². The average Bonchev–Trinajstić information content (AvgIpc) is 2.91. The Labute approximate surface area is 105 Å². The first-order valence-electron chi connectivity index (χ1n) is 5.33. The summed E-state index contributed by atoms with van der Waals surface area (Å²) in [6, 6.07) is 5.49. The third kappa shape index (κ3) is 2.75. The second kappa shape index (κ2) is 4.50. The van der Waals surface area contributed by atoms with E-state index < -0.39 is 11.7 Å². The first-order chi connectivity index (χ1) is 7.37. The highest BCUT2D eigenvalue weighted by Crippen LogP contribution is 2.51. The van der Waals surface area contributed by atoms with Gasteiger partial charge in [0.1, 0.15) is 0 Å². The second-order valence-electron chi connectivity index (χ2n) is 4.47. The molecule has 0 amide bonds. The van der Waals surface area contributed by atoms with Crippen molar-refractivity contribution in [3.8, 4) is 0 Å². The van der Waals surface area contributed by atoms with Crippen molar-refractivity contribution in [1.29, 1.82) is 0 Å². The van der Waals surface area contributed by atoms with Crippen LogP contribution in [-0.4, -0.2) is 5.54 Å². The number of alkyl halides is 3. The zero-order valence-electron chi connectivity index (χ0n) is 9.42. The fourth-order valence-corrected chi connectivity index (χ4v) is 2.09. The molecule has 1 aliphatic rings. The van der Waals surface area contributed by atoms with Crippen LogP contribution in [0.2, 0.25) is 0 Å². The minimum absolute atomic E-state index is 0. The highest BCUT2D eigenvalue weighted by molar-refractivity contribution is 5.85. The van der Waals surface area contributed by atoms with Gasteiger partial charge in [-0.2, -0.15) is 13.2 Å². The molecule has 1 fully saturated rings. The zero-order valence-corrected chi connectivity index (χ0v) is 10.2. The third-order valence-corrected chi connectivity index (χ3v) is 3.39. The lowest BCUT2D eigenvalue weighted by Gasteiger charge is -2.11. The third-order valence-electron chi connectivity index (χ3n) is 3.39. The fraction of sp³-hybridized carbons (Fsp3) is 0.500. The number of nitrogens with two attached hydrogens (primary N) is 1. The van der Waals surface area contributed by atoms with Crippen molar-refractivity contribution in [3.63, 3.8) is 0 Å². The van der Waals surface area contributed by atoms with Crippen LogP contribution in [0.5, 0.6) is 0 Å². The Hall–Kier alpha value is -0.740. The number of halogens is 4. The van der Waals surface area contributed by atoms with Crippen LogP contribution in [0.4, 0.5) is 13.2 Å². The molecule has 1 nitrogen and oxygen atoms in total. The van der Waals surface area contributed by atoms with E-state index in [4.69, 9.17) is 5.73 Å². The molecule has 0 radical (unpaired) electrons. The molecule has 2 N–H and O–H groups in total. The zero-order chi connectivity index (χ0) is 12.0. The van der Waals surface area contributed by atoms with E-state index in [-0.39, 0.29) is 23.9 Å². The van der Waals surface area contributed by atoms with E-state index in [1.807, 2.05) is 6.92 Å². The molecule has 2 atom stereocenters. The molecule has 96 valence electrons. The highest BCUT2D eigenvalue weighted by atomic mass is 35.5. The lowest BCUT2D eigenvalue weighted by atomic mass is 10.0. The topological polar surface area (TPSA) is 26.0 Å². The smallest absolute Gasteiger partial charge is 0.325 e. The van der Waals surface area contributed by atoms with Gasteiger partial charge in [0.05, 0.1) is 5.56 Å². The largest absolute Gasteiger partial charge is 0.416 e. The van der Waals surface area contributed by atoms with Crippen LogP contribution in [0.15, 0.2) is 24.3 Å². The molecule has 2 rings (SSSR count). The van der Waals surface area contributed by atoms with E-state index >= 15 is 0 Å². The number of rotatable bonds is 2. The van der Waals surface area contributed by atoms with Gasteiger partial charge in [0.25, 0.3) is 0 Å². The molecule has 1 aromatic carbocycles. The standard InChI is InChI=1S/C12H14F3N.ClH/c1-2-11(16)7-10(11)8-4-3-5-9(6-8)12(13,14)15;/h3-6,10H,2,7,16H2,1H3;1H. The van der Waals surface area contributed by atoms with Crippen LogP contribution in [0, 0.1) is 0 Å². The van der Waals surface area contributed by atoms with E-state index in [1.165, 1.54) is 12.1 Å². The quantitative estimate of drug-likeness (QED) is 0.866. The lowest BCUT2D eigenvalue weighted by molar-refractivity contribution is -0.137. The van der Waals surface area contributed by atoms with Gasteiger partial charge < -0.3 is 5.73 Å². The Morgan fingerprint density at radius 2 is 2.06 bits per heavy atom. The fourth-order valence-electron chi connectivity index (χ4n) is 2.09. The van der Waals surface area contributed by atoms with E-state index in [0.717, 1.165) is 18.9 Å². The SMILES string of the molecule is CCC1(N)CC1c1cccc(C(F)(F)F)c1.Cl. The predicted octanol–water partition coefficient (Wildman–Crippen LogP) is 3.72. The van der Waals surface area contributed by atoms with Crippen molar-refractivity contribution in [2.75, 3.05) is 0 Å². The molecule has 1 aromatic rings. The first kappa shape index (κ1) is 14.3. The Kier molecular flexibility index (Phi) is 3.79. The van der Waals surface area contributed by atoms with Gasteiger partial charge in [0.2, 0.25) is 0 Å². The molecule has 0 spiro atoms. The van der Waals surface area contributed by atoms with Gasteiger partial charge >= 0.3 is 6.18 Å². The molecule has 0 heterocycles.